The van der Waals surface area contributed by atoms with E-state index in [1.807, 2.05) is 12.1 Å². The monoisotopic (exact) mass is 268 g/mol. The molecule has 0 radical (unpaired) electrons. The molecule has 0 fully saturated rings. The molecule has 0 aliphatic rings. The SMILES string of the molecule is CCNC(=O)NC(=O)CSc1ccc(CO)cc1. The minimum atomic E-state index is -0.473. The second-order valence-electron chi connectivity index (χ2n) is 3.50. The number of aliphatic hydroxyl groups is 1. The largest absolute Gasteiger partial charge is 0.392 e. The van der Waals surface area contributed by atoms with E-state index >= 15 is 0 Å². The lowest BCUT2D eigenvalue weighted by atomic mass is 10.2. The molecule has 0 saturated carbocycles. The summed E-state index contributed by atoms with van der Waals surface area (Å²) < 4.78 is 0. The van der Waals surface area contributed by atoms with E-state index in [9.17, 15) is 9.59 Å². The lowest BCUT2D eigenvalue weighted by molar-refractivity contribution is -0.117. The minimum absolute atomic E-state index is 0.00260. The zero-order valence-corrected chi connectivity index (χ0v) is 10.9. The van der Waals surface area contributed by atoms with E-state index in [2.05, 4.69) is 10.6 Å². The van der Waals surface area contributed by atoms with Gasteiger partial charge in [0.25, 0.3) is 0 Å². The number of imide groups is 1. The van der Waals surface area contributed by atoms with Crippen molar-refractivity contribution >= 4 is 23.7 Å². The summed E-state index contributed by atoms with van der Waals surface area (Å²) in [5, 5.41) is 13.6. The first-order valence-electron chi connectivity index (χ1n) is 5.56. The Morgan fingerprint density at radius 3 is 2.50 bits per heavy atom. The van der Waals surface area contributed by atoms with E-state index in [0.29, 0.717) is 6.54 Å². The Morgan fingerprint density at radius 2 is 1.94 bits per heavy atom. The minimum Gasteiger partial charge on any atom is -0.392 e. The Hall–Kier alpha value is -1.53. The highest BCUT2D eigenvalue weighted by molar-refractivity contribution is 8.00. The van der Waals surface area contributed by atoms with E-state index in [-0.39, 0.29) is 18.3 Å². The Labute approximate surface area is 110 Å². The van der Waals surface area contributed by atoms with Gasteiger partial charge in [-0.3, -0.25) is 10.1 Å². The number of hydrogen-bond acceptors (Lipinski definition) is 4. The summed E-state index contributed by atoms with van der Waals surface area (Å²) in [6.45, 7) is 2.26. The standard InChI is InChI=1S/C12H16N2O3S/c1-2-13-12(17)14-11(16)8-18-10-5-3-9(7-15)4-6-10/h3-6,15H,2,7-8H2,1H3,(H2,13,14,16,17). The number of amides is 3. The molecule has 98 valence electrons. The summed E-state index contributed by atoms with van der Waals surface area (Å²) in [7, 11) is 0. The number of aliphatic hydroxyl groups excluding tert-OH is 1. The van der Waals surface area contributed by atoms with E-state index in [0.717, 1.165) is 10.5 Å². The quantitative estimate of drug-likeness (QED) is 0.699. The van der Waals surface area contributed by atoms with E-state index in [1.54, 1.807) is 19.1 Å². The molecule has 18 heavy (non-hydrogen) atoms. The van der Waals surface area contributed by atoms with Crippen molar-refractivity contribution in [2.45, 2.75) is 18.4 Å². The van der Waals surface area contributed by atoms with Crippen molar-refractivity contribution in [3.8, 4) is 0 Å². The summed E-state index contributed by atoms with van der Waals surface area (Å²) in [6.07, 6.45) is 0. The van der Waals surface area contributed by atoms with Crippen molar-refractivity contribution in [3.05, 3.63) is 29.8 Å². The first-order chi connectivity index (χ1) is 8.65. The summed E-state index contributed by atoms with van der Waals surface area (Å²) in [5.41, 5.74) is 0.825. The highest BCUT2D eigenvalue weighted by Crippen LogP contribution is 2.17. The molecule has 1 aromatic rings. The van der Waals surface area contributed by atoms with E-state index < -0.39 is 6.03 Å². The van der Waals surface area contributed by atoms with Crippen LogP contribution in [0.15, 0.2) is 29.2 Å². The second-order valence-corrected chi connectivity index (χ2v) is 4.55. The van der Waals surface area contributed by atoms with Gasteiger partial charge in [-0.05, 0) is 24.6 Å². The van der Waals surface area contributed by atoms with Crippen molar-refractivity contribution in [1.82, 2.24) is 10.6 Å². The Morgan fingerprint density at radius 1 is 1.28 bits per heavy atom. The molecule has 0 bridgehead atoms. The van der Waals surface area contributed by atoms with Crippen LogP contribution < -0.4 is 10.6 Å². The number of carbonyl (C=O) groups excluding carboxylic acids is 2. The molecule has 0 aliphatic heterocycles. The Balaban J connectivity index is 2.35. The number of rotatable bonds is 5. The van der Waals surface area contributed by atoms with Gasteiger partial charge >= 0.3 is 6.03 Å². The van der Waals surface area contributed by atoms with Crippen molar-refractivity contribution in [2.75, 3.05) is 12.3 Å². The molecule has 0 atom stereocenters. The summed E-state index contributed by atoms with van der Waals surface area (Å²) in [6, 6.07) is 6.78. The van der Waals surface area contributed by atoms with Gasteiger partial charge in [-0.15, -0.1) is 11.8 Å². The van der Waals surface area contributed by atoms with Crippen LogP contribution in [0.1, 0.15) is 12.5 Å². The zero-order chi connectivity index (χ0) is 13.4. The lowest BCUT2D eigenvalue weighted by Gasteiger charge is -2.05. The fourth-order valence-corrected chi connectivity index (χ4v) is 1.91. The predicted octanol–water partition coefficient (Wildman–Crippen LogP) is 1.12. The van der Waals surface area contributed by atoms with Gasteiger partial charge in [-0.2, -0.15) is 0 Å². The third-order valence-electron chi connectivity index (χ3n) is 2.07. The third-order valence-corrected chi connectivity index (χ3v) is 3.08. The Bertz CT molecular complexity index is 406. The number of carbonyl (C=O) groups is 2. The molecule has 5 nitrogen and oxygen atoms in total. The van der Waals surface area contributed by atoms with Gasteiger partial charge in [0.2, 0.25) is 5.91 Å². The van der Waals surface area contributed by atoms with Crippen LogP contribution in [-0.2, 0) is 11.4 Å². The van der Waals surface area contributed by atoms with Crippen molar-refractivity contribution in [2.24, 2.45) is 0 Å². The van der Waals surface area contributed by atoms with Gasteiger partial charge in [-0.1, -0.05) is 12.1 Å². The molecule has 3 amide bonds. The first kappa shape index (κ1) is 14.5. The highest BCUT2D eigenvalue weighted by Gasteiger charge is 2.06. The van der Waals surface area contributed by atoms with Crippen LogP contribution in [0.4, 0.5) is 4.79 Å². The molecule has 0 aromatic heterocycles. The van der Waals surface area contributed by atoms with Crippen LogP contribution in [0.25, 0.3) is 0 Å². The third kappa shape index (κ3) is 5.20. The number of benzene rings is 1. The number of nitrogens with one attached hydrogen (secondary N) is 2. The van der Waals surface area contributed by atoms with Gasteiger partial charge in [0.1, 0.15) is 0 Å². The summed E-state index contributed by atoms with van der Waals surface area (Å²) in [5.74, 6) is -0.160. The van der Waals surface area contributed by atoms with Crippen LogP contribution in [0, 0.1) is 0 Å². The molecule has 0 spiro atoms. The van der Waals surface area contributed by atoms with Crippen molar-refractivity contribution < 1.29 is 14.7 Å². The molecule has 3 N–H and O–H groups in total. The molecule has 1 rings (SSSR count). The molecule has 1 aromatic carbocycles. The van der Waals surface area contributed by atoms with Crippen LogP contribution >= 0.6 is 11.8 Å². The number of thioether (sulfide) groups is 1. The molecule has 0 unspecified atom stereocenters. The van der Waals surface area contributed by atoms with Crippen LogP contribution in [-0.4, -0.2) is 29.3 Å². The summed E-state index contributed by atoms with van der Waals surface area (Å²) in [4.78, 5) is 23.4. The average Bonchev–Trinajstić information content (AvgIpc) is 2.37. The second kappa shape index (κ2) is 7.73. The highest BCUT2D eigenvalue weighted by atomic mass is 32.2. The van der Waals surface area contributed by atoms with Crippen LogP contribution in [0.2, 0.25) is 0 Å². The van der Waals surface area contributed by atoms with Crippen LogP contribution in [0.3, 0.4) is 0 Å². The van der Waals surface area contributed by atoms with Crippen molar-refractivity contribution in [3.63, 3.8) is 0 Å². The lowest BCUT2D eigenvalue weighted by Crippen LogP contribution is -2.40. The fourth-order valence-electron chi connectivity index (χ4n) is 1.21. The van der Waals surface area contributed by atoms with Gasteiger partial charge in [0.05, 0.1) is 12.4 Å². The van der Waals surface area contributed by atoms with Gasteiger partial charge in [0.15, 0.2) is 0 Å². The van der Waals surface area contributed by atoms with Crippen molar-refractivity contribution in [1.29, 1.82) is 0 Å². The molecular formula is C12H16N2O3S. The zero-order valence-electron chi connectivity index (χ0n) is 10.1. The smallest absolute Gasteiger partial charge is 0.321 e. The van der Waals surface area contributed by atoms with E-state index in [4.69, 9.17) is 5.11 Å². The maximum atomic E-state index is 11.4. The maximum Gasteiger partial charge on any atom is 0.321 e. The Kier molecular flexibility index (Phi) is 6.24. The van der Waals surface area contributed by atoms with Gasteiger partial charge in [0, 0.05) is 11.4 Å². The molecular weight excluding hydrogens is 252 g/mol. The first-order valence-corrected chi connectivity index (χ1v) is 6.54. The van der Waals surface area contributed by atoms with Gasteiger partial charge in [-0.25, -0.2) is 4.79 Å². The maximum absolute atomic E-state index is 11.4. The molecule has 6 heteroatoms. The van der Waals surface area contributed by atoms with E-state index in [1.165, 1.54) is 11.8 Å². The molecule has 0 saturated heterocycles. The predicted molar refractivity (Wildman–Crippen MR) is 70.3 cm³/mol. The normalized spacial score (nSPS) is 9.89. The fraction of sp³-hybridized carbons (Fsp3) is 0.333. The molecule has 0 heterocycles. The van der Waals surface area contributed by atoms with Gasteiger partial charge < -0.3 is 10.4 Å². The average molecular weight is 268 g/mol. The number of urea groups is 1. The molecule has 0 aliphatic carbocycles. The summed E-state index contributed by atoms with van der Waals surface area (Å²) >= 11 is 1.33. The number of hydrogen-bond donors (Lipinski definition) is 3. The topological polar surface area (TPSA) is 78.4 Å². The van der Waals surface area contributed by atoms with Crippen LogP contribution in [0.5, 0.6) is 0 Å².